The van der Waals surface area contributed by atoms with E-state index in [1.165, 1.54) is 0 Å². The van der Waals surface area contributed by atoms with E-state index in [4.69, 9.17) is 9.72 Å². The van der Waals surface area contributed by atoms with Crippen LogP contribution >= 0.6 is 0 Å². The van der Waals surface area contributed by atoms with Gasteiger partial charge in [-0.25, -0.2) is 9.78 Å². The monoisotopic (exact) mass is 511 g/mol. The summed E-state index contributed by atoms with van der Waals surface area (Å²) in [4.78, 5) is 31.4. The van der Waals surface area contributed by atoms with Gasteiger partial charge in [0, 0.05) is 32.6 Å². The van der Waals surface area contributed by atoms with Crippen molar-refractivity contribution in [2.75, 3.05) is 11.9 Å². The molecule has 0 bridgehead atoms. The summed E-state index contributed by atoms with van der Waals surface area (Å²) in [5.41, 5.74) is 5.73. The Labute approximate surface area is 225 Å². The normalized spacial score (nSPS) is 11.5. The lowest BCUT2D eigenvalue weighted by molar-refractivity contribution is -0.116. The highest BCUT2D eigenvalue weighted by molar-refractivity contribution is 5.97. The molecule has 1 heterocycles. The minimum atomic E-state index is -0.559. The van der Waals surface area contributed by atoms with Crippen LogP contribution in [0.5, 0.6) is 0 Å². The van der Waals surface area contributed by atoms with Crippen LogP contribution in [-0.4, -0.2) is 34.1 Å². The van der Waals surface area contributed by atoms with Gasteiger partial charge in [-0.2, -0.15) is 0 Å². The molecule has 0 aliphatic carbocycles. The van der Waals surface area contributed by atoms with Crippen LogP contribution in [0.1, 0.15) is 69.2 Å². The number of anilines is 1. The molecule has 0 aliphatic heterocycles. The second-order valence-corrected chi connectivity index (χ2v) is 10.7. The molecule has 0 saturated heterocycles. The molecular weight excluding hydrogens is 474 g/mol. The minimum Gasteiger partial charge on any atom is -0.456 e. The van der Waals surface area contributed by atoms with Gasteiger partial charge in [-0.1, -0.05) is 55.8 Å². The number of aromatic nitrogens is 2. The fourth-order valence-corrected chi connectivity index (χ4v) is 4.47. The molecule has 0 N–H and O–H groups in total. The molecule has 4 aromatic rings. The third kappa shape index (κ3) is 6.13. The van der Waals surface area contributed by atoms with E-state index in [0.29, 0.717) is 12.1 Å². The van der Waals surface area contributed by atoms with Crippen molar-refractivity contribution in [2.45, 2.75) is 66.0 Å². The van der Waals surface area contributed by atoms with E-state index in [2.05, 4.69) is 35.8 Å². The Kier molecular flexibility index (Phi) is 8.00. The molecule has 3 aromatic carbocycles. The Balaban J connectivity index is 1.67. The molecule has 198 valence electrons. The predicted octanol–water partition coefficient (Wildman–Crippen LogP) is 7.03. The molecular formula is C32H37N3O3. The molecule has 0 fully saturated rings. The first-order chi connectivity index (χ1) is 18.1. The molecule has 6 heteroatoms. The first-order valence-corrected chi connectivity index (χ1v) is 13.2. The zero-order valence-corrected chi connectivity index (χ0v) is 23.2. The molecule has 0 spiro atoms. The highest BCUT2D eigenvalue weighted by atomic mass is 16.6. The molecule has 4 rings (SSSR count). The van der Waals surface area contributed by atoms with Crippen molar-refractivity contribution in [1.29, 1.82) is 0 Å². The summed E-state index contributed by atoms with van der Waals surface area (Å²) >= 11 is 0. The Bertz CT molecular complexity index is 1450. The van der Waals surface area contributed by atoms with E-state index in [-0.39, 0.29) is 11.9 Å². The van der Waals surface area contributed by atoms with Crippen LogP contribution in [0, 0.1) is 0 Å². The summed E-state index contributed by atoms with van der Waals surface area (Å²) in [6.07, 6.45) is 3.04. The first-order valence-electron chi connectivity index (χ1n) is 13.2. The highest BCUT2D eigenvalue weighted by Crippen LogP contribution is 2.28. The fraction of sp³-hybridized carbons (Fsp3) is 0.344. The third-order valence-corrected chi connectivity index (χ3v) is 6.58. The summed E-state index contributed by atoms with van der Waals surface area (Å²) in [5, 5.41) is 0. The Morgan fingerprint density at radius 1 is 1.00 bits per heavy atom. The summed E-state index contributed by atoms with van der Waals surface area (Å²) in [5.74, 6) is 0.710. The van der Waals surface area contributed by atoms with Crippen molar-refractivity contribution in [1.82, 2.24) is 9.55 Å². The molecule has 1 amide bonds. The average Bonchev–Trinajstić information content (AvgIpc) is 3.22. The maximum Gasteiger partial charge on any atom is 0.339 e. The van der Waals surface area contributed by atoms with Gasteiger partial charge in [0.2, 0.25) is 5.91 Å². The van der Waals surface area contributed by atoms with Crippen molar-refractivity contribution in [3.05, 3.63) is 83.7 Å². The summed E-state index contributed by atoms with van der Waals surface area (Å²) in [6.45, 7) is 10.0. The smallest absolute Gasteiger partial charge is 0.339 e. The summed E-state index contributed by atoms with van der Waals surface area (Å²) in [6, 6.07) is 21.8. The maximum atomic E-state index is 12.8. The number of fused-ring (bicyclic) bond motifs is 1. The molecule has 0 atom stereocenters. The first kappa shape index (κ1) is 27.1. The fourth-order valence-electron chi connectivity index (χ4n) is 4.47. The number of carbonyl (C=O) groups is 2. The second-order valence-electron chi connectivity index (χ2n) is 10.7. The largest absolute Gasteiger partial charge is 0.456 e. The molecule has 0 unspecified atom stereocenters. The number of esters is 1. The second kappa shape index (κ2) is 11.2. The topological polar surface area (TPSA) is 64.4 Å². The minimum absolute atomic E-state index is 0.0103. The van der Waals surface area contributed by atoms with E-state index < -0.39 is 5.60 Å². The van der Waals surface area contributed by atoms with Gasteiger partial charge < -0.3 is 14.2 Å². The van der Waals surface area contributed by atoms with E-state index in [9.17, 15) is 9.59 Å². The lowest BCUT2D eigenvalue weighted by Crippen LogP contribution is -2.24. The average molecular weight is 512 g/mol. The Morgan fingerprint density at radius 3 is 2.37 bits per heavy atom. The van der Waals surface area contributed by atoms with E-state index in [1.807, 2.05) is 63.2 Å². The van der Waals surface area contributed by atoms with E-state index in [0.717, 1.165) is 58.5 Å². The summed E-state index contributed by atoms with van der Waals surface area (Å²) in [7, 11) is 1.79. The SMILES string of the molecule is CCCCc1nc2ccc(N(C)C(C)=O)cc2n1Cc1ccc(-c2ccccc2C(=O)OC(C)(C)C)cc1. The van der Waals surface area contributed by atoms with Crippen molar-refractivity contribution >= 4 is 28.6 Å². The van der Waals surface area contributed by atoms with E-state index >= 15 is 0 Å². The number of ether oxygens (including phenoxy) is 1. The number of nitrogens with zero attached hydrogens (tertiary/aromatic N) is 3. The third-order valence-electron chi connectivity index (χ3n) is 6.58. The van der Waals surface area contributed by atoms with Gasteiger partial charge in [0.05, 0.1) is 16.6 Å². The number of benzene rings is 3. The van der Waals surface area contributed by atoms with Crippen molar-refractivity contribution < 1.29 is 14.3 Å². The van der Waals surface area contributed by atoms with Crippen molar-refractivity contribution in [3.8, 4) is 11.1 Å². The van der Waals surface area contributed by atoms with Crippen LogP contribution in [0.2, 0.25) is 0 Å². The zero-order valence-electron chi connectivity index (χ0n) is 23.2. The number of aryl methyl sites for hydroxylation is 1. The number of hydrogen-bond donors (Lipinski definition) is 0. The number of unbranched alkanes of at least 4 members (excludes halogenated alkanes) is 1. The Hall–Kier alpha value is -3.93. The van der Waals surface area contributed by atoms with Crippen LogP contribution in [0.3, 0.4) is 0 Å². The van der Waals surface area contributed by atoms with Crippen LogP contribution < -0.4 is 4.90 Å². The maximum absolute atomic E-state index is 12.8. The van der Waals surface area contributed by atoms with Crippen LogP contribution in [-0.2, 0) is 22.5 Å². The molecule has 0 saturated carbocycles. The number of amides is 1. The van der Waals surface area contributed by atoms with Gasteiger partial charge in [-0.15, -0.1) is 0 Å². The number of rotatable bonds is 8. The summed E-state index contributed by atoms with van der Waals surface area (Å²) < 4.78 is 7.89. The highest BCUT2D eigenvalue weighted by Gasteiger charge is 2.21. The predicted molar refractivity (Wildman–Crippen MR) is 154 cm³/mol. The standard InChI is InChI=1S/C32H37N3O3/c1-7-8-13-30-33-28-19-18-25(34(6)22(2)36)20-29(28)35(30)21-23-14-16-24(17-15-23)26-11-9-10-12-27(26)31(37)38-32(3,4)5/h9-12,14-20H,7-8,13,21H2,1-6H3. The van der Waals surface area contributed by atoms with E-state index in [1.54, 1.807) is 18.9 Å². The van der Waals surface area contributed by atoms with Crippen molar-refractivity contribution in [3.63, 3.8) is 0 Å². The zero-order chi connectivity index (χ0) is 27.4. The van der Waals surface area contributed by atoms with Gasteiger partial charge >= 0.3 is 5.97 Å². The van der Waals surface area contributed by atoms with Crippen LogP contribution in [0.25, 0.3) is 22.2 Å². The van der Waals surface area contributed by atoms with Gasteiger partial charge in [-0.05, 0) is 68.1 Å². The lowest BCUT2D eigenvalue weighted by Gasteiger charge is -2.20. The quantitative estimate of drug-likeness (QED) is 0.238. The van der Waals surface area contributed by atoms with Gasteiger partial charge in [0.25, 0.3) is 0 Å². The molecule has 0 aliphatic rings. The Morgan fingerprint density at radius 2 is 1.71 bits per heavy atom. The van der Waals surface area contributed by atoms with Crippen LogP contribution in [0.4, 0.5) is 5.69 Å². The molecule has 38 heavy (non-hydrogen) atoms. The van der Waals surface area contributed by atoms with Gasteiger partial charge in [0.15, 0.2) is 0 Å². The molecule has 6 nitrogen and oxygen atoms in total. The number of hydrogen-bond acceptors (Lipinski definition) is 4. The van der Waals surface area contributed by atoms with Crippen molar-refractivity contribution in [2.24, 2.45) is 0 Å². The number of imidazole rings is 1. The number of carbonyl (C=O) groups excluding carboxylic acids is 2. The molecule has 1 aromatic heterocycles. The van der Waals surface area contributed by atoms with Gasteiger partial charge in [-0.3, -0.25) is 4.79 Å². The van der Waals surface area contributed by atoms with Gasteiger partial charge in [0.1, 0.15) is 11.4 Å². The van der Waals surface area contributed by atoms with Crippen LogP contribution in [0.15, 0.2) is 66.7 Å². The molecule has 0 radical (unpaired) electrons. The lowest BCUT2D eigenvalue weighted by atomic mass is 9.98.